The summed E-state index contributed by atoms with van der Waals surface area (Å²) in [7, 11) is 0. The first-order valence-corrected chi connectivity index (χ1v) is 7.21. The number of phenolic OH excluding ortho intramolecular Hbond substituents is 1. The Bertz CT molecular complexity index is 461. The zero-order valence-corrected chi connectivity index (χ0v) is 12.5. The fourth-order valence-corrected chi connectivity index (χ4v) is 2.84. The zero-order chi connectivity index (χ0) is 14.8. The number of aromatic hydroxyl groups is 1. The van der Waals surface area contributed by atoms with E-state index in [0.717, 1.165) is 5.56 Å². The predicted molar refractivity (Wildman–Crippen MR) is 78.6 cm³/mol. The standard InChI is InChI=1S/C16H25NO3/c1-4-20-14-9-16(19,15(14,2)3)11-17-10-12-6-5-7-13(18)8-12/h5-8,14,17-19H,4,9-11H2,1-3H3/t14-,16-/m1/s1. The van der Waals surface area contributed by atoms with Crippen LogP contribution in [0.2, 0.25) is 0 Å². The molecule has 1 aliphatic carbocycles. The molecule has 0 bridgehead atoms. The summed E-state index contributed by atoms with van der Waals surface area (Å²) < 4.78 is 5.65. The Kier molecular flexibility index (Phi) is 4.37. The van der Waals surface area contributed by atoms with Gasteiger partial charge in [-0.3, -0.25) is 0 Å². The van der Waals surface area contributed by atoms with Crippen LogP contribution in [0.5, 0.6) is 5.75 Å². The third kappa shape index (κ3) is 2.82. The van der Waals surface area contributed by atoms with E-state index in [0.29, 0.717) is 26.1 Å². The van der Waals surface area contributed by atoms with Crippen molar-refractivity contribution in [2.45, 2.75) is 45.4 Å². The van der Waals surface area contributed by atoms with Crippen molar-refractivity contribution >= 4 is 0 Å². The van der Waals surface area contributed by atoms with Crippen molar-refractivity contribution in [3.63, 3.8) is 0 Å². The molecule has 1 aliphatic rings. The van der Waals surface area contributed by atoms with Crippen molar-refractivity contribution in [2.75, 3.05) is 13.2 Å². The van der Waals surface area contributed by atoms with Gasteiger partial charge in [0.05, 0.1) is 11.7 Å². The fourth-order valence-electron chi connectivity index (χ4n) is 2.84. The summed E-state index contributed by atoms with van der Waals surface area (Å²) in [5.74, 6) is 0.267. The molecule has 20 heavy (non-hydrogen) atoms. The van der Waals surface area contributed by atoms with Crippen molar-refractivity contribution in [3.05, 3.63) is 29.8 Å². The Morgan fingerprint density at radius 1 is 1.40 bits per heavy atom. The number of benzene rings is 1. The van der Waals surface area contributed by atoms with E-state index >= 15 is 0 Å². The molecule has 1 aromatic rings. The van der Waals surface area contributed by atoms with E-state index < -0.39 is 5.60 Å². The van der Waals surface area contributed by atoms with Gasteiger partial charge in [0.25, 0.3) is 0 Å². The molecule has 3 N–H and O–H groups in total. The van der Waals surface area contributed by atoms with Gasteiger partial charge in [0.1, 0.15) is 5.75 Å². The van der Waals surface area contributed by atoms with E-state index in [1.807, 2.05) is 32.9 Å². The number of rotatable bonds is 6. The summed E-state index contributed by atoms with van der Waals surface area (Å²) in [6, 6.07) is 7.15. The largest absolute Gasteiger partial charge is 0.508 e. The van der Waals surface area contributed by atoms with Gasteiger partial charge in [0.15, 0.2) is 0 Å². The molecule has 0 unspecified atom stereocenters. The second-order valence-electron chi connectivity index (χ2n) is 6.17. The van der Waals surface area contributed by atoms with Crippen molar-refractivity contribution in [2.24, 2.45) is 5.41 Å². The molecule has 0 radical (unpaired) electrons. The average Bonchev–Trinajstić information content (AvgIpc) is 2.38. The van der Waals surface area contributed by atoms with Gasteiger partial charge >= 0.3 is 0 Å². The number of hydrogen-bond acceptors (Lipinski definition) is 4. The molecule has 1 aromatic carbocycles. The summed E-state index contributed by atoms with van der Waals surface area (Å²) >= 11 is 0. The lowest BCUT2D eigenvalue weighted by atomic mass is 9.56. The van der Waals surface area contributed by atoms with Gasteiger partial charge in [0, 0.05) is 31.5 Å². The highest BCUT2D eigenvalue weighted by molar-refractivity contribution is 5.27. The lowest BCUT2D eigenvalue weighted by molar-refractivity contribution is -0.238. The van der Waals surface area contributed by atoms with E-state index in [4.69, 9.17) is 4.74 Å². The van der Waals surface area contributed by atoms with Gasteiger partial charge in [-0.05, 0) is 24.6 Å². The summed E-state index contributed by atoms with van der Waals surface area (Å²) in [5, 5.41) is 23.4. The normalized spacial score (nSPS) is 28.1. The highest BCUT2D eigenvalue weighted by atomic mass is 16.5. The summed E-state index contributed by atoms with van der Waals surface area (Å²) in [5.41, 5.74) is 0.0329. The molecule has 1 fully saturated rings. The van der Waals surface area contributed by atoms with Crippen LogP contribution in [0.1, 0.15) is 32.8 Å². The van der Waals surface area contributed by atoms with E-state index in [-0.39, 0.29) is 17.3 Å². The van der Waals surface area contributed by atoms with Crippen molar-refractivity contribution in [3.8, 4) is 5.75 Å². The first-order chi connectivity index (χ1) is 9.39. The van der Waals surface area contributed by atoms with Crippen LogP contribution in [0.15, 0.2) is 24.3 Å². The van der Waals surface area contributed by atoms with Crippen LogP contribution in [-0.4, -0.2) is 35.1 Å². The van der Waals surface area contributed by atoms with Gasteiger partial charge in [-0.1, -0.05) is 26.0 Å². The predicted octanol–water partition coefficient (Wildman–Crippen LogP) is 2.05. The molecular weight excluding hydrogens is 254 g/mol. The van der Waals surface area contributed by atoms with Gasteiger partial charge < -0.3 is 20.3 Å². The van der Waals surface area contributed by atoms with Gasteiger partial charge in [-0.15, -0.1) is 0 Å². The Morgan fingerprint density at radius 2 is 2.15 bits per heavy atom. The van der Waals surface area contributed by atoms with E-state index in [9.17, 15) is 10.2 Å². The molecule has 0 heterocycles. The quantitative estimate of drug-likeness (QED) is 0.746. The molecule has 2 atom stereocenters. The van der Waals surface area contributed by atoms with E-state index in [2.05, 4.69) is 5.32 Å². The van der Waals surface area contributed by atoms with Crippen molar-refractivity contribution < 1.29 is 14.9 Å². The average molecular weight is 279 g/mol. The SMILES string of the molecule is CCO[C@@H]1C[C@@](O)(CNCc2cccc(O)c2)C1(C)C. The molecular formula is C16H25NO3. The molecule has 4 heteroatoms. The smallest absolute Gasteiger partial charge is 0.115 e. The minimum Gasteiger partial charge on any atom is -0.508 e. The van der Waals surface area contributed by atoms with Gasteiger partial charge in [-0.25, -0.2) is 0 Å². The summed E-state index contributed by atoms with van der Waals surface area (Å²) in [4.78, 5) is 0. The van der Waals surface area contributed by atoms with Crippen LogP contribution in [0.4, 0.5) is 0 Å². The number of ether oxygens (including phenoxy) is 1. The minimum atomic E-state index is -0.732. The Labute approximate surface area is 120 Å². The number of hydrogen-bond donors (Lipinski definition) is 3. The Morgan fingerprint density at radius 3 is 2.75 bits per heavy atom. The molecule has 0 amide bonds. The molecule has 1 saturated carbocycles. The maximum absolute atomic E-state index is 10.7. The van der Waals surface area contributed by atoms with Crippen LogP contribution in [0.3, 0.4) is 0 Å². The third-order valence-electron chi connectivity index (χ3n) is 4.55. The monoisotopic (exact) mass is 279 g/mol. The molecule has 0 spiro atoms. The molecule has 4 nitrogen and oxygen atoms in total. The Balaban J connectivity index is 1.85. The van der Waals surface area contributed by atoms with Crippen LogP contribution in [0.25, 0.3) is 0 Å². The molecule has 112 valence electrons. The topological polar surface area (TPSA) is 61.7 Å². The second kappa shape index (κ2) is 5.72. The van der Waals surface area contributed by atoms with E-state index in [1.54, 1.807) is 12.1 Å². The highest BCUT2D eigenvalue weighted by Gasteiger charge is 2.59. The number of nitrogens with one attached hydrogen (secondary N) is 1. The first-order valence-electron chi connectivity index (χ1n) is 7.21. The number of aliphatic hydroxyl groups is 1. The zero-order valence-electron chi connectivity index (χ0n) is 12.5. The van der Waals surface area contributed by atoms with Gasteiger partial charge in [0.2, 0.25) is 0 Å². The fraction of sp³-hybridized carbons (Fsp3) is 0.625. The lowest BCUT2D eigenvalue weighted by Crippen LogP contribution is -2.68. The summed E-state index contributed by atoms with van der Waals surface area (Å²) in [6.07, 6.45) is 0.793. The molecule has 0 aliphatic heterocycles. The third-order valence-corrected chi connectivity index (χ3v) is 4.55. The summed E-state index contributed by atoms with van der Waals surface area (Å²) in [6.45, 7) is 7.92. The maximum Gasteiger partial charge on any atom is 0.115 e. The molecule has 0 aromatic heterocycles. The minimum absolute atomic E-state index is 0.125. The maximum atomic E-state index is 10.7. The Hall–Kier alpha value is -1.10. The van der Waals surface area contributed by atoms with Crippen LogP contribution in [-0.2, 0) is 11.3 Å². The van der Waals surface area contributed by atoms with E-state index in [1.165, 1.54) is 0 Å². The van der Waals surface area contributed by atoms with Gasteiger partial charge in [-0.2, -0.15) is 0 Å². The lowest BCUT2D eigenvalue weighted by Gasteiger charge is -2.58. The van der Waals surface area contributed by atoms with Crippen molar-refractivity contribution in [1.82, 2.24) is 5.32 Å². The van der Waals surface area contributed by atoms with Crippen LogP contribution >= 0.6 is 0 Å². The molecule has 0 saturated heterocycles. The van der Waals surface area contributed by atoms with Crippen molar-refractivity contribution in [1.29, 1.82) is 0 Å². The van der Waals surface area contributed by atoms with Crippen LogP contribution < -0.4 is 5.32 Å². The number of phenols is 1. The molecule has 2 rings (SSSR count). The highest BCUT2D eigenvalue weighted by Crippen LogP contribution is 2.50. The van der Waals surface area contributed by atoms with Crippen LogP contribution in [0, 0.1) is 5.41 Å². The first kappa shape index (κ1) is 15.3. The second-order valence-corrected chi connectivity index (χ2v) is 6.17.